The number of halogens is 1. The zero-order chi connectivity index (χ0) is 29.3. The largest absolute Gasteiger partial charge is 0.488 e. The molecule has 1 saturated heterocycles. The zero-order valence-corrected chi connectivity index (χ0v) is 24.5. The Morgan fingerprint density at radius 1 is 1.24 bits per heavy atom. The Morgan fingerprint density at radius 2 is 2.02 bits per heavy atom. The van der Waals surface area contributed by atoms with Crippen molar-refractivity contribution in [3.8, 4) is 5.75 Å². The number of nitrogens with zero attached hydrogens (tertiary/aromatic N) is 1. The molecular formula is C33H41FN4O3. The number of rotatable bonds is 7. The molecule has 0 radical (unpaired) electrons. The van der Waals surface area contributed by atoms with Gasteiger partial charge in [-0.15, -0.1) is 0 Å². The van der Waals surface area contributed by atoms with Crippen molar-refractivity contribution in [1.29, 1.82) is 5.41 Å². The van der Waals surface area contributed by atoms with E-state index in [2.05, 4.69) is 51.2 Å². The second-order valence-corrected chi connectivity index (χ2v) is 13.4. The van der Waals surface area contributed by atoms with Crippen LogP contribution in [0.4, 0.5) is 4.39 Å². The van der Waals surface area contributed by atoms with Crippen LogP contribution in [0.25, 0.3) is 0 Å². The van der Waals surface area contributed by atoms with Crippen molar-refractivity contribution in [1.82, 2.24) is 10.2 Å². The van der Waals surface area contributed by atoms with Crippen molar-refractivity contribution in [3.05, 3.63) is 64.0 Å². The predicted octanol–water partition coefficient (Wildman–Crippen LogP) is 6.07. The van der Waals surface area contributed by atoms with E-state index in [-0.39, 0.29) is 29.5 Å². The predicted molar refractivity (Wildman–Crippen MR) is 156 cm³/mol. The van der Waals surface area contributed by atoms with Gasteiger partial charge in [0.05, 0.1) is 12.5 Å². The fourth-order valence-corrected chi connectivity index (χ4v) is 7.69. The zero-order valence-electron chi connectivity index (χ0n) is 24.5. The summed E-state index contributed by atoms with van der Waals surface area (Å²) < 4.78 is 20.9. The summed E-state index contributed by atoms with van der Waals surface area (Å²) in [6, 6.07) is 8.98. The third kappa shape index (κ3) is 4.99. The average molecular weight is 561 g/mol. The second kappa shape index (κ2) is 9.85. The first kappa shape index (κ1) is 27.7. The van der Waals surface area contributed by atoms with Gasteiger partial charge in [-0.3, -0.25) is 19.9 Å². The summed E-state index contributed by atoms with van der Waals surface area (Å²) in [5, 5.41) is 12.2. The topological polar surface area (TPSA) is 109 Å². The van der Waals surface area contributed by atoms with Gasteiger partial charge in [0.25, 0.3) is 0 Å². The summed E-state index contributed by atoms with van der Waals surface area (Å²) in [5.74, 6) is 1.31. The Balaban J connectivity index is 1.12. The van der Waals surface area contributed by atoms with Crippen LogP contribution in [0.15, 0.2) is 30.3 Å². The molecule has 1 saturated carbocycles. The summed E-state index contributed by atoms with van der Waals surface area (Å²) in [7, 11) is 0. The number of carbonyl (C=O) groups excluding carboxylic acids is 2. The summed E-state index contributed by atoms with van der Waals surface area (Å²) >= 11 is 0. The van der Waals surface area contributed by atoms with E-state index in [1.807, 2.05) is 0 Å². The van der Waals surface area contributed by atoms with Gasteiger partial charge < -0.3 is 15.8 Å². The molecule has 0 bridgehead atoms. The first-order chi connectivity index (χ1) is 19.4. The Labute approximate surface area is 241 Å². The van der Waals surface area contributed by atoms with Crippen LogP contribution in [-0.2, 0) is 11.2 Å². The molecule has 2 aromatic carbocycles. The molecular weight excluding hydrogens is 519 g/mol. The molecule has 2 unspecified atom stereocenters. The smallest absolute Gasteiger partial charge is 0.248 e. The molecule has 2 fully saturated rings. The van der Waals surface area contributed by atoms with Gasteiger partial charge in [-0.1, -0.05) is 26.0 Å². The summed E-state index contributed by atoms with van der Waals surface area (Å²) in [4.78, 5) is 26.8. The maximum absolute atomic E-state index is 14.7. The highest BCUT2D eigenvalue weighted by Gasteiger charge is 2.47. The van der Waals surface area contributed by atoms with Crippen LogP contribution >= 0.6 is 0 Å². The number of fused-ring (bicyclic) bond motifs is 2. The van der Waals surface area contributed by atoms with E-state index in [1.165, 1.54) is 16.0 Å². The average Bonchev–Trinajstić information content (AvgIpc) is 3.56. The van der Waals surface area contributed by atoms with Crippen LogP contribution < -0.4 is 15.8 Å². The number of benzene rings is 2. The van der Waals surface area contributed by atoms with Crippen molar-refractivity contribution < 1.29 is 18.7 Å². The molecule has 5 atom stereocenters. The SMILES string of the molecule is CC[C@@]1(CCC2CC2c2ccc3c(c2)[C@@H](C)CC(C)(C)O3)CC(=O)N([C@@H]2CCc3c(F)cc(C(N)=O)cc32)C(=N)N1. The number of primary amides is 1. The minimum absolute atomic E-state index is 0.0600. The summed E-state index contributed by atoms with van der Waals surface area (Å²) in [6.45, 7) is 8.65. The molecule has 8 heteroatoms. The molecule has 0 aromatic heterocycles. The van der Waals surface area contributed by atoms with Gasteiger partial charge in [-0.2, -0.15) is 0 Å². The molecule has 2 aliphatic heterocycles. The lowest BCUT2D eigenvalue weighted by Crippen LogP contribution is -2.62. The van der Waals surface area contributed by atoms with Crippen molar-refractivity contribution in [3.63, 3.8) is 0 Å². The number of amides is 2. The number of hydrogen-bond acceptors (Lipinski definition) is 4. The Bertz CT molecular complexity index is 1420. The first-order valence-corrected chi connectivity index (χ1v) is 15.0. The quantitative estimate of drug-likeness (QED) is 0.382. The Morgan fingerprint density at radius 3 is 2.73 bits per heavy atom. The van der Waals surface area contributed by atoms with E-state index in [4.69, 9.17) is 15.9 Å². The summed E-state index contributed by atoms with van der Waals surface area (Å²) in [6.07, 6.45) is 5.93. The summed E-state index contributed by atoms with van der Waals surface area (Å²) in [5.41, 5.74) is 8.66. The minimum Gasteiger partial charge on any atom is -0.488 e. The number of guanidine groups is 1. The second-order valence-electron chi connectivity index (χ2n) is 13.4. The van der Waals surface area contributed by atoms with Crippen LogP contribution in [0.1, 0.15) is 123 Å². The van der Waals surface area contributed by atoms with Gasteiger partial charge in [-0.05, 0) is 117 Å². The van der Waals surface area contributed by atoms with Gasteiger partial charge in [0.15, 0.2) is 5.96 Å². The standard InChI is InChI=1S/C33H41FN4O3/c1-5-33(11-10-20-13-24(20)19-6-9-28-23(12-19)18(2)16-32(3,4)41-28)17-29(39)38(31(36)37-33)27-8-7-22-25(27)14-21(30(35)40)15-26(22)34/h6,9,12,14-15,18,20,24,27H,5,7-8,10-11,13,16-17H2,1-4H3,(H2,35,40)(H2,36,37)/t18-,20?,24?,27+,33+/m0/s1. The van der Waals surface area contributed by atoms with E-state index in [1.54, 1.807) is 6.07 Å². The van der Waals surface area contributed by atoms with Crippen LogP contribution in [-0.4, -0.2) is 33.8 Å². The van der Waals surface area contributed by atoms with Gasteiger partial charge >= 0.3 is 0 Å². The van der Waals surface area contributed by atoms with Crippen molar-refractivity contribution in [2.24, 2.45) is 11.7 Å². The van der Waals surface area contributed by atoms with E-state index in [0.29, 0.717) is 41.7 Å². The lowest BCUT2D eigenvalue weighted by Gasteiger charge is -2.45. The molecule has 218 valence electrons. The molecule has 2 heterocycles. The van der Waals surface area contributed by atoms with Crippen LogP contribution in [0.3, 0.4) is 0 Å². The number of hydrogen-bond donors (Lipinski definition) is 3. The van der Waals surface area contributed by atoms with Crippen molar-refractivity contribution >= 4 is 17.8 Å². The highest BCUT2D eigenvalue weighted by Crippen LogP contribution is 2.53. The number of ether oxygens (including phenoxy) is 1. The fraction of sp³-hybridized carbons (Fsp3) is 0.545. The number of nitrogens with two attached hydrogens (primary N) is 1. The van der Waals surface area contributed by atoms with Gasteiger partial charge in [0, 0.05) is 11.1 Å². The van der Waals surface area contributed by atoms with Crippen LogP contribution in [0.5, 0.6) is 5.75 Å². The molecule has 4 aliphatic rings. The third-order valence-electron chi connectivity index (χ3n) is 10.0. The molecule has 2 aromatic rings. The first-order valence-electron chi connectivity index (χ1n) is 15.0. The lowest BCUT2D eigenvalue weighted by molar-refractivity contribution is -0.132. The highest BCUT2D eigenvalue weighted by atomic mass is 19.1. The fourth-order valence-electron chi connectivity index (χ4n) is 7.69. The number of carbonyl (C=O) groups is 2. The highest BCUT2D eigenvalue weighted by molar-refractivity contribution is 6.00. The van der Waals surface area contributed by atoms with Crippen molar-refractivity contribution in [2.45, 2.75) is 108 Å². The third-order valence-corrected chi connectivity index (χ3v) is 10.0. The molecule has 6 rings (SSSR count). The molecule has 2 aliphatic carbocycles. The molecule has 4 N–H and O–H groups in total. The van der Waals surface area contributed by atoms with E-state index in [9.17, 15) is 14.0 Å². The Hall–Kier alpha value is -3.42. The van der Waals surface area contributed by atoms with Gasteiger partial charge in [0.1, 0.15) is 17.2 Å². The van der Waals surface area contributed by atoms with Crippen LogP contribution in [0.2, 0.25) is 0 Å². The van der Waals surface area contributed by atoms with Crippen LogP contribution in [0, 0.1) is 17.1 Å². The molecule has 2 amide bonds. The van der Waals surface area contributed by atoms with E-state index in [0.717, 1.165) is 43.9 Å². The molecule has 0 spiro atoms. The minimum atomic E-state index is -0.707. The van der Waals surface area contributed by atoms with E-state index < -0.39 is 23.3 Å². The van der Waals surface area contributed by atoms with Gasteiger partial charge in [-0.25, -0.2) is 4.39 Å². The monoisotopic (exact) mass is 560 g/mol. The maximum atomic E-state index is 14.7. The normalized spacial score (nSPS) is 29.8. The maximum Gasteiger partial charge on any atom is 0.248 e. The van der Waals surface area contributed by atoms with Crippen molar-refractivity contribution in [2.75, 3.05) is 0 Å². The molecule has 7 nitrogen and oxygen atoms in total. The Kier molecular flexibility index (Phi) is 6.66. The molecule has 41 heavy (non-hydrogen) atoms. The number of nitrogens with one attached hydrogen (secondary N) is 2. The lowest BCUT2D eigenvalue weighted by atomic mass is 9.83. The van der Waals surface area contributed by atoms with E-state index >= 15 is 0 Å². The van der Waals surface area contributed by atoms with Gasteiger partial charge in [0.2, 0.25) is 11.8 Å².